The summed E-state index contributed by atoms with van der Waals surface area (Å²) in [5.74, 6) is -2.52. The molecule has 2 aromatic carbocycles. The zero-order valence-electron chi connectivity index (χ0n) is 24.4. The Labute approximate surface area is 253 Å². The zero-order valence-corrected chi connectivity index (χ0v) is 25.3. The van der Waals surface area contributed by atoms with Gasteiger partial charge in [0.05, 0.1) is 37.6 Å². The Balaban J connectivity index is 1.78. The minimum absolute atomic E-state index is 0.0381. The van der Waals surface area contributed by atoms with Crippen LogP contribution in [0.15, 0.2) is 77.9 Å². The smallest absolute Gasteiger partial charge is 0.362 e. The van der Waals surface area contributed by atoms with Crippen molar-refractivity contribution in [2.75, 3.05) is 26.5 Å². The quantitative estimate of drug-likeness (QED) is 0.152. The Morgan fingerprint density at radius 1 is 0.864 bits per heavy atom. The van der Waals surface area contributed by atoms with Crippen LogP contribution in [0.4, 0.5) is 0 Å². The summed E-state index contributed by atoms with van der Waals surface area (Å²) in [5, 5.41) is 0. The summed E-state index contributed by atoms with van der Waals surface area (Å²) >= 11 is 0. The highest BCUT2D eigenvalue weighted by Crippen LogP contribution is 2.50. The number of ether oxygens (including phenoxy) is 4. The molecule has 0 aliphatic carbocycles. The molecule has 14 heteroatoms. The zero-order chi connectivity index (χ0) is 31.7. The largest absolute Gasteiger partial charge is 0.464 e. The van der Waals surface area contributed by atoms with E-state index in [4.69, 9.17) is 23.3 Å². The van der Waals surface area contributed by atoms with Gasteiger partial charge in [-0.15, -0.1) is 0 Å². The number of carbonyl (C=O) groups is 3. The molecule has 2 heterocycles. The van der Waals surface area contributed by atoms with E-state index in [1.807, 2.05) is 0 Å². The summed E-state index contributed by atoms with van der Waals surface area (Å²) in [4.78, 5) is 56.1. The van der Waals surface area contributed by atoms with Crippen molar-refractivity contribution in [3.63, 3.8) is 0 Å². The molecule has 0 N–H and O–H groups in total. The molecule has 4 atom stereocenters. The first-order valence-electron chi connectivity index (χ1n) is 13.9. The number of aromatic nitrogens is 2. The van der Waals surface area contributed by atoms with E-state index in [0.717, 1.165) is 11.7 Å². The standard InChI is InChI=1S/C30H33N2O11P/c1-4-39-44(37,40-5-2)19-16-22-24(42-28(34)20-12-8-6-9-13-20)25(43-29(35)21-14-10-7-11-15-21)27(41-22)32-18-17-31-23(26(32)33)30(36)38-3/h6-15,17-18,22,24-25,27H,4-5,16,19H2,1-3H3/t22-,24-,25+,27-/m1/s1. The molecule has 0 radical (unpaired) electrons. The average Bonchev–Trinajstić information content (AvgIpc) is 3.36. The third-order valence-electron chi connectivity index (χ3n) is 6.65. The Bertz CT molecular complexity index is 1540. The van der Waals surface area contributed by atoms with Gasteiger partial charge in [-0.2, -0.15) is 0 Å². The van der Waals surface area contributed by atoms with E-state index < -0.39 is 61.3 Å². The number of nitrogens with zero attached hydrogens (tertiary/aromatic N) is 2. The highest BCUT2D eigenvalue weighted by atomic mass is 31.2. The van der Waals surface area contributed by atoms with Gasteiger partial charge >= 0.3 is 25.5 Å². The van der Waals surface area contributed by atoms with Gasteiger partial charge in [0.1, 0.15) is 6.10 Å². The fourth-order valence-corrected chi connectivity index (χ4v) is 6.36. The van der Waals surface area contributed by atoms with E-state index in [1.165, 1.54) is 24.5 Å². The van der Waals surface area contributed by atoms with Gasteiger partial charge < -0.3 is 28.0 Å². The number of hydrogen-bond donors (Lipinski definition) is 0. The molecule has 234 valence electrons. The summed E-state index contributed by atoms with van der Waals surface area (Å²) in [5.41, 5.74) is -1.03. The van der Waals surface area contributed by atoms with Crippen molar-refractivity contribution in [3.05, 3.63) is 100 Å². The van der Waals surface area contributed by atoms with Crippen LogP contribution in [0, 0.1) is 0 Å². The number of carbonyl (C=O) groups excluding carboxylic acids is 3. The van der Waals surface area contributed by atoms with Crippen LogP contribution in [-0.2, 0) is 32.6 Å². The van der Waals surface area contributed by atoms with E-state index in [-0.39, 0.29) is 36.9 Å². The van der Waals surface area contributed by atoms with Crippen molar-refractivity contribution in [1.29, 1.82) is 0 Å². The minimum Gasteiger partial charge on any atom is -0.464 e. The van der Waals surface area contributed by atoms with Crippen LogP contribution in [0.3, 0.4) is 0 Å². The molecule has 1 saturated heterocycles. The number of rotatable bonds is 13. The van der Waals surface area contributed by atoms with Gasteiger partial charge in [0.25, 0.3) is 5.56 Å². The maximum absolute atomic E-state index is 13.4. The number of benzene rings is 2. The minimum atomic E-state index is -3.58. The molecule has 1 aliphatic heterocycles. The van der Waals surface area contributed by atoms with Crippen LogP contribution in [0.2, 0.25) is 0 Å². The lowest BCUT2D eigenvalue weighted by molar-refractivity contribution is -0.0523. The highest BCUT2D eigenvalue weighted by Gasteiger charge is 2.51. The summed E-state index contributed by atoms with van der Waals surface area (Å²) in [6.07, 6.45) is -2.89. The van der Waals surface area contributed by atoms with Crippen molar-refractivity contribution < 1.29 is 46.9 Å². The Morgan fingerprint density at radius 3 is 1.93 bits per heavy atom. The molecular formula is C30H33N2O11P. The molecule has 44 heavy (non-hydrogen) atoms. The van der Waals surface area contributed by atoms with Crippen molar-refractivity contribution in [1.82, 2.24) is 9.55 Å². The predicted molar refractivity (Wildman–Crippen MR) is 155 cm³/mol. The SMILES string of the molecule is CCOP(=O)(CC[C@H]1O[C@@H](n2ccnc(C(=O)OC)c2=O)[C@@H](OC(=O)c2ccccc2)[C@@H]1OC(=O)c1ccccc1)OCC. The molecule has 3 aromatic rings. The Kier molecular flexibility index (Phi) is 11.2. The maximum Gasteiger partial charge on any atom is 0.362 e. The summed E-state index contributed by atoms with van der Waals surface area (Å²) < 4.78 is 47.9. The Hall–Kier alpha value is -4.16. The first-order valence-corrected chi connectivity index (χ1v) is 15.6. The molecule has 0 bridgehead atoms. The van der Waals surface area contributed by atoms with Gasteiger partial charge in [0.2, 0.25) is 5.69 Å². The first-order chi connectivity index (χ1) is 21.2. The van der Waals surface area contributed by atoms with E-state index in [0.29, 0.717) is 0 Å². The second-order valence-corrected chi connectivity index (χ2v) is 11.7. The molecule has 4 rings (SSSR count). The van der Waals surface area contributed by atoms with Crippen LogP contribution >= 0.6 is 7.60 Å². The second-order valence-electron chi connectivity index (χ2n) is 9.48. The molecule has 1 aliphatic rings. The normalized spacial score (nSPS) is 19.7. The lowest BCUT2D eigenvalue weighted by Crippen LogP contribution is -2.42. The van der Waals surface area contributed by atoms with Crippen molar-refractivity contribution in [2.24, 2.45) is 0 Å². The lowest BCUT2D eigenvalue weighted by Gasteiger charge is -2.25. The molecular weight excluding hydrogens is 595 g/mol. The monoisotopic (exact) mass is 628 g/mol. The molecule has 0 amide bonds. The molecule has 1 fully saturated rings. The molecule has 1 aromatic heterocycles. The van der Waals surface area contributed by atoms with E-state index >= 15 is 0 Å². The van der Waals surface area contributed by atoms with Crippen LogP contribution in [0.25, 0.3) is 0 Å². The predicted octanol–water partition coefficient (Wildman–Crippen LogP) is 4.03. The topological polar surface area (TPSA) is 159 Å². The van der Waals surface area contributed by atoms with Crippen molar-refractivity contribution >= 4 is 25.5 Å². The van der Waals surface area contributed by atoms with Gasteiger partial charge in [-0.25, -0.2) is 19.4 Å². The van der Waals surface area contributed by atoms with E-state index in [9.17, 15) is 23.7 Å². The van der Waals surface area contributed by atoms with Gasteiger partial charge in [-0.1, -0.05) is 36.4 Å². The number of hydrogen-bond acceptors (Lipinski definition) is 12. The van der Waals surface area contributed by atoms with E-state index in [2.05, 4.69) is 9.72 Å². The fraction of sp³-hybridized carbons (Fsp3) is 0.367. The van der Waals surface area contributed by atoms with Crippen LogP contribution in [0.5, 0.6) is 0 Å². The van der Waals surface area contributed by atoms with E-state index in [1.54, 1.807) is 62.4 Å². The maximum atomic E-state index is 13.4. The second kappa shape index (κ2) is 15.0. The summed E-state index contributed by atoms with van der Waals surface area (Å²) in [6, 6.07) is 16.2. The molecule has 13 nitrogen and oxygen atoms in total. The molecule has 0 saturated carbocycles. The van der Waals surface area contributed by atoms with Crippen LogP contribution in [-0.4, -0.2) is 72.3 Å². The van der Waals surface area contributed by atoms with Crippen LogP contribution in [0.1, 0.15) is 57.7 Å². The van der Waals surface area contributed by atoms with Gasteiger partial charge in [-0.3, -0.25) is 13.9 Å². The van der Waals surface area contributed by atoms with Gasteiger partial charge in [0.15, 0.2) is 18.4 Å². The highest BCUT2D eigenvalue weighted by molar-refractivity contribution is 7.53. The summed E-state index contributed by atoms with van der Waals surface area (Å²) in [6.45, 7) is 3.59. The van der Waals surface area contributed by atoms with Crippen molar-refractivity contribution in [2.45, 2.75) is 44.8 Å². The van der Waals surface area contributed by atoms with Gasteiger partial charge in [-0.05, 0) is 44.5 Å². The van der Waals surface area contributed by atoms with Gasteiger partial charge in [0, 0.05) is 12.4 Å². The van der Waals surface area contributed by atoms with Crippen molar-refractivity contribution in [3.8, 4) is 0 Å². The number of methoxy groups -OCH3 is 1. The molecule has 0 unspecified atom stereocenters. The number of esters is 3. The average molecular weight is 629 g/mol. The Morgan fingerprint density at radius 2 is 1.41 bits per heavy atom. The lowest BCUT2D eigenvalue weighted by atomic mass is 10.1. The fourth-order valence-electron chi connectivity index (χ4n) is 4.67. The van der Waals surface area contributed by atoms with Crippen LogP contribution < -0.4 is 5.56 Å². The summed E-state index contributed by atoms with van der Waals surface area (Å²) in [7, 11) is -2.48. The third kappa shape index (κ3) is 7.67. The third-order valence-corrected chi connectivity index (χ3v) is 8.76. The molecule has 0 spiro atoms. The first kappa shape index (κ1) is 32.7.